The Hall–Kier alpha value is -1.86. The lowest BCUT2D eigenvalue weighted by molar-refractivity contribution is 0.893. The SMILES string of the molecule is Cc1cccc(-c2ccc(C3=CCCC4=C3CCC=C4)s2)c1. The van der Waals surface area contributed by atoms with Crippen LogP contribution in [0.15, 0.2) is 65.8 Å². The maximum atomic E-state index is 2.45. The van der Waals surface area contributed by atoms with Crippen molar-refractivity contribution in [3.63, 3.8) is 0 Å². The average Bonchev–Trinajstić information content (AvgIpc) is 3.04. The Balaban J connectivity index is 1.71. The summed E-state index contributed by atoms with van der Waals surface area (Å²) in [5, 5.41) is 0. The van der Waals surface area contributed by atoms with Gasteiger partial charge in [-0.1, -0.05) is 48.1 Å². The molecule has 2 aliphatic carbocycles. The number of thiophene rings is 1. The molecule has 4 rings (SSSR count). The van der Waals surface area contributed by atoms with Crippen LogP contribution in [0.2, 0.25) is 0 Å². The van der Waals surface area contributed by atoms with Gasteiger partial charge in [0.15, 0.2) is 0 Å². The largest absolute Gasteiger partial charge is 0.135 e. The highest BCUT2D eigenvalue weighted by atomic mass is 32.1. The fraction of sp³-hybridized carbons (Fsp3) is 0.238. The summed E-state index contributed by atoms with van der Waals surface area (Å²) >= 11 is 1.93. The minimum Gasteiger partial charge on any atom is -0.135 e. The van der Waals surface area contributed by atoms with E-state index in [2.05, 4.69) is 61.5 Å². The molecule has 2 aromatic rings. The monoisotopic (exact) mass is 304 g/mol. The van der Waals surface area contributed by atoms with Crippen LogP contribution in [-0.4, -0.2) is 0 Å². The van der Waals surface area contributed by atoms with E-state index in [9.17, 15) is 0 Å². The molecular formula is C21H20S. The molecule has 110 valence electrons. The fourth-order valence-electron chi connectivity index (χ4n) is 3.44. The standard InChI is InChI=1S/C21H20S/c1-15-6-4-9-17(14-15)20-12-13-21(22-20)19-11-5-8-16-7-2-3-10-18(16)19/h2,4,6-7,9,11-14H,3,5,8,10H2,1H3. The van der Waals surface area contributed by atoms with Crippen molar-refractivity contribution in [2.45, 2.75) is 32.6 Å². The van der Waals surface area contributed by atoms with Gasteiger partial charge in [0, 0.05) is 9.75 Å². The summed E-state index contributed by atoms with van der Waals surface area (Å²) in [7, 11) is 0. The lowest BCUT2D eigenvalue weighted by atomic mass is 9.84. The molecule has 0 atom stereocenters. The van der Waals surface area contributed by atoms with E-state index in [0.717, 1.165) is 0 Å². The Bertz CT molecular complexity index is 799. The van der Waals surface area contributed by atoms with Gasteiger partial charge >= 0.3 is 0 Å². The molecule has 1 aromatic heterocycles. The molecule has 0 nitrogen and oxygen atoms in total. The Morgan fingerprint density at radius 1 is 0.955 bits per heavy atom. The third-order valence-electron chi connectivity index (χ3n) is 4.53. The number of hydrogen-bond acceptors (Lipinski definition) is 1. The van der Waals surface area contributed by atoms with Crippen LogP contribution in [0.5, 0.6) is 0 Å². The van der Waals surface area contributed by atoms with E-state index >= 15 is 0 Å². The number of allylic oxidation sites excluding steroid dienone is 6. The maximum Gasteiger partial charge on any atom is 0.0349 e. The number of rotatable bonds is 2. The summed E-state index contributed by atoms with van der Waals surface area (Å²) in [6.07, 6.45) is 11.9. The van der Waals surface area contributed by atoms with Gasteiger partial charge in [-0.3, -0.25) is 0 Å². The highest BCUT2D eigenvalue weighted by molar-refractivity contribution is 7.16. The Labute approximate surface area is 136 Å². The zero-order chi connectivity index (χ0) is 14.9. The number of benzene rings is 1. The Morgan fingerprint density at radius 3 is 2.77 bits per heavy atom. The van der Waals surface area contributed by atoms with Gasteiger partial charge in [0.2, 0.25) is 0 Å². The highest BCUT2D eigenvalue weighted by Crippen LogP contribution is 2.41. The zero-order valence-electron chi connectivity index (χ0n) is 12.9. The van der Waals surface area contributed by atoms with Crippen molar-refractivity contribution < 1.29 is 0 Å². The molecule has 0 aliphatic heterocycles. The highest BCUT2D eigenvalue weighted by Gasteiger charge is 2.19. The van der Waals surface area contributed by atoms with E-state index in [-0.39, 0.29) is 0 Å². The molecule has 0 fully saturated rings. The molecule has 0 radical (unpaired) electrons. The predicted molar refractivity (Wildman–Crippen MR) is 97.1 cm³/mol. The molecule has 1 heteroatoms. The first-order chi connectivity index (χ1) is 10.8. The van der Waals surface area contributed by atoms with Gasteiger partial charge < -0.3 is 0 Å². The smallest absolute Gasteiger partial charge is 0.0349 e. The van der Waals surface area contributed by atoms with E-state index in [1.807, 2.05) is 11.3 Å². The average molecular weight is 304 g/mol. The maximum absolute atomic E-state index is 2.45. The molecule has 0 unspecified atom stereocenters. The minimum atomic E-state index is 1.18. The van der Waals surface area contributed by atoms with E-state index < -0.39 is 0 Å². The minimum absolute atomic E-state index is 1.18. The Morgan fingerprint density at radius 2 is 1.86 bits per heavy atom. The van der Waals surface area contributed by atoms with Crippen molar-refractivity contribution in [1.82, 2.24) is 0 Å². The van der Waals surface area contributed by atoms with Gasteiger partial charge in [-0.25, -0.2) is 0 Å². The molecular weight excluding hydrogens is 284 g/mol. The molecule has 0 bridgehead atoms. The van der Waals surface area contributed by atoms with Crippen molar-refractivity contribution in [3.8, 4) is 10.4 Å². The van der Waals surface area contributed by atoms with Gasteiger partial charge in [0.1, 0.15) is 0 Å². The summed E-state index contributed by atoms with van der Waals surface area (Å²) in [4.78, 5) is 2.80. The predicted octanol–water partition coefficient (Wildman–Crippen LogP) is 6.55. The second kappa shape index (κ2) is 5.73. The zero-order valence-corrected chi connectivity index (χ0v) is 13.7. The molecule has 0 N–H and O–H groups in total. The summed E-state index contributed by atoms with van der Waals surface area (Å²) in [6.45, 7) is 2.16. The van der Waals surface area contributed by atoms with Crippen molar-refractivity contribution >= 4 is 16.9 Å². The van der Waals surface area contributed by atoms with Crippen molar-refractivity contribution in [2.24, 2.45) is 0 Å². The number of aryl methyl sites for hydroxylation is 1. The molecule has 0 saturated carbocycles. The molecule has 1 aromatic carbocycles. The van der Waals surface area contributed by atoms with Crippen LogP contribution in [0.25, 0.3) is 16.0 Å². The van der Waals surface area contributed by atoms with Gasteiger partial charge in [-0.15, -0.1) is 11.3 Å². The molecule has 0 saturated heterocycles. The van der Waals surface area contributed by atoms with E-state index in [4.69, 9.17) is 0 Å². The van der Waals surface area contributed by atoms with Gasteiger partial charge in [0.05, 0.1) is 0 Å². The third kappa shape index (κ3) is 2.50. The first-order valence-electron chi connectivity index (χ1n) is 8.07. The van der Waals surface area contributed by atoms with E-state index in [0.29, 0.717) is 0 Å². The van der Waals surface area contributed by atoms with Crippen molar-refractivity contribution in [1.29, 1.82) is 0 Å². The van der Waals surface area contributed by atoms with Crippen LogP contribution in [0.3, 0.4) is 0 Å². The first-order valence-corrected chi connectivity index (χ1v) is 8.89. The van der Waals surface area contributed by atoms with Crippen LogP contribution in [0, 0.1) is 6.92 Å². The van der Waals surface area contributed by atoms with Gasteiger partial charge in [-0.2, -0.15) is 0 Å². The summed E-state index contributed by atoms with van der Waals surface area (Å²) in [5.74, 6) is 0. The molecule has 22 heavy (non-hydrogen) atoms. The van der Waals surface area contributed by atoms with E-state index in [1.165, 1.54) is 52.1 Å². The molecule has 0 amide bonds. The second-order valence-electron chi connectivity index (χ2n) is 6.13. The second-order valence-corrected chi connectivity index (χ2v) is 7.22. The topological polar surface area (TPSA) is 0 Å². The van der Waals surface area contributed by atoms with Crippen LogP contribution in [-0.2, 0) is 0 Å². The van der Waals surface area contributed by atoms with Crippen molar-refractivity contribution in [3.05, 3.63) is 76.2 Å². The van der Waals surface area contributed by atoms with Gasteiger partial charge in [0.25, 0.3) is 0 Å². The summed E-state index contributed by atoms with van der Waals surface area (Å²) < 4.78 is 0. The third-order valence-corrected chi connectivity index (χ3v) is 5.70. The van der Waals surface area contributed by atoms with Crippen molar-refractivity contribution in [2.75, 3.05) is 0 Å². The summed E-state index contributed by atoms with van der Waals surface area (Å²) in [5.41, 5.74) is 7.31. The van der Waals surface area contributed by atoms with E-state index in [1.54, 1.807) is 11.1 Å². The molecule has 0 spiro atoms. The quantitative estimate of drug-likeness (QED) is 0.590. The van der Waals surface area contributed by atoms with Crippen LogP contribution in [0.1, 0.15) is 36.1 Å². The van der Waals surface area contributed by atoms with Gasteiger partial charge in [-0.05, 0) is 67.0 Å². The molecule has 2 aliphatic rings. The summed E-state index contributed by atoms with van der Waals surface area (Å²) in [6, 6.07) is 13.4. The lowest BCUT2D eigenvalue weighted by Gasteiger charge is -2.22. The van der Waals surface area contributed by atoms with Crippen LogP contribution < -0.4 is 0 Å². The van der Waals surface area contributed by atoms with Crippen LogP contribution >= 0.6 is 11.3 Å². The Kier molecular flexibility index (Phi) is 3.59. The molecule has 1 heterocycles. The fourth-order valence-corrected chi connectivity index (χ4v) is 4.51. The lowest BCUT2D eigenvalue weighted by Crippen LogP contribution is -2.01. The number of hydrogen-bond donors (Lipinski definition) is 0. The first kappa shape index (κ1) is 13.8. The van der Waals surface area contributed by atoms with Crippen LogP contribution in [0.4, 0.5) is 0 Å². The normalized spacial score (nSPS) is 17.4.